The molecule has 7 heteroatoms. The number of hydrogen-bond donors (Lipinski definition) is 2. The lowest BCUT2D eigenvalue weighted by molar-refractivity contribution is 0.0939. The lowest BCUT2D eigenvalue weighted by Gasteiger charge is -2.13. The molecule has 0 fully saturated rings. The molecule has 0 aliphatic carbocycles. The lowest BCUT2D eigenvalue weighted by Crippen LogP contribution is -2.34. The Bertz CT molecular complexity index is 1060. The molecular weight excluding hydrogens is 350 g/mol. The van der Waals surface area contributed by atoms with Crippen LogP contribution in [0, 0.1) is 4.77 Å². The number of H-pyrrole nitrogens is 1. The Hall–Kier alpha value is -2.93. The molecule has 26 heavy (non-hydrogen) atoms. The minimum Gasteiger partial charge on any atom is -0.469 e. The van der Waals surface area contributed by atoms with Crippen LogP contribution >= 0.6 is 12.2 Å². The van der Waals surface area contributed by atoms with Crippen LogP contribution in [0.4, 0.5) is 0 Å². The van der Waals surface area contributed by atoms with Crippen LogP contribution in [0.3, 0.4) is 0 Å². The van der Waals surface area contributed by atoms with Crippen molar-refractivity contribution in [3.63, 3.8) is 0 Å². The number of carbonyl (C=O) groups is 1. The van der Waals surface area contributed by atoms with Gasteiger partial charge in [0.05, 0.1) is 17.2 Å². The molecule has 1 aromatic carbocycles. The van der Waals surface area contributed by atoms with E-state index in [0.29, 0.717) is 34.2 Å². The Morgan fingerprint density at radius 3 is 2.96 bits per heavy atom. The molecule has 2 heterocycles. The zero-order valence-corrected chi connectivity index (χ0v) is 15.1. The Labute approximate surface area is 155 Å². The zero-order chi connectivity index (χ0) is 18.7. The first-order valence-corrected chi connectivity index (χ1v) is 8.61. The first-order chi connectivity index (χ1) is 12.5. The van der Waals surface area contributed by atoms with Crippen molar-refractivity contribution in [1.82, 2.24) is 14.9 Å². The number of amides is 1. The highest BCUT2D eigenvalue weighted by Gasteiger charge is 2.13. The molecule has 0 spiro atoms. The van der Waals surface area contributed by atoms with E-state index < -0.39 is 0 Å². The van der Waals surface area contributed by atoms with Crippen LogP contribution in [0.15, 0.2) is 58.5 Å². The first-order valence-electron chi connectivity index (χ1n) is 8.20. The summed E-state index contributed by atoms with van der Waals surface area (Å²) in [5, 5.41) is 3.40. The number of carbonyl (C=O) groups excluding carboxylic acids is 1. The number of hydrogen-bond acceptors (Lipinski definition) is 4. The van der Waals surface area contributed by atoms with Crippen molar-refractivity contribution in [2.24, 2.45) is 0 Å². The second kappa shape index (κ2) is 7.53. The molecular formula is C19H19N3O3S. The SMILES string of the molecule is C=CCn1c(=S)[nH]c2cc(C(=O)NC(C)Cc3ccco3)ccc2c1=O. The van der Waals surface area contributed by atoms with E-state index >= 15 is 0 Å². The number of benzene rings is 1. The quantitative estimate of drug-likeness (QED) is 0.516. The fraction of sp³-hybridized carbons (Fsp3) is 0.211. The predicted octanol–water partition coefficient (Wildman–Crippen LogP) is 3.20. The maximum Gasteiger partial charge on any atom is 0.262 e. The van der Waals surface area contributed by atoms with Crippen LogP contribution in [0.25, 0.3) is 10.9 Å². The van der Waals surface area contributed by atoms with Gasteiger partial charge in [-0.05, 0) is 49.5 Å². The fourth-order valence-corrected chi connectivity index (χ4v) is 3.05. The van der Waals surface area contributed by atoms with E-state index in [1.54, 1.807) is 30.5 Å². The largest absolute Gasteiger partial charge is 0.469 e. The van der Waals surface area contributed by atoms with Crippen molar-refractivity contribution in [2.45, 2.75) is 25.9 Å². The van der Waals surface area contributed by atoms with Crippen molar-refractivity contribution in [1.29, 1.82) is 0 Å². The summed E-state index contributed by atoms with van der Waals surface area (Å²) in [4.78, 5) is 28.0. The molecule has 2 N–H and O–H groups in total. The minimum atomic E-state index is -0.222. The highest BCUT2D eigenvalue weighted by Crippen LogP contribution is 2.12. The Balaban J connectivity index is 1.85. The monoisotopic (exact) mass is 369 g/mol. The van der Waals surface area contributed by atoms with E-state index in [0.717, 1.165) is 5.76 Å². The summed E-state index contributed by atoms with van der Waals surface area (Å²) in [5.41, 5.74) is 0.781. The summed E-state index contributed by atoms with van der Waals surface area (Å²) < 4.78 is 7.02. The summed E-state index contributed by atoms with van der Waals surface area (Å²) in [7, 11) is 0. The van der Waals surface area contributed by atoms with Crippen LogP contribution in [0.2, 0.25) is 0 Å². The van der Waals surface area contributed by atoms with E-state index in [4.69, 9.17) is 16.6 Å². The van der Waals surface area contributed by atoms with Gasteiger partial charge in [0.2, 0.25) is 0 Å². The molecule has 0 bridgehead atoms. The molecule has 3 rings (SSSR count). The number of aromatic nitrogens is 2. The van der Waals surface area contributed by atoms with E-state index in [1.165, 1.54) is 4.57 Å². The molecule has 6 nitrogen and oxygen atoms in total. The molecule has 0 aliphatic heterocycles. The van der Waals surface area contributed by atoms with Crippen LogP contribution in [0.5, 0.6) is 0 Å². The molecule has 0 saturated heterocycles. The van der Waals surface area contributed by atoms with Crippen LogP contribution < -0.4 is 10.9 Å². The molecule has 1 unspecified atom stereocenters. The lowest BCUT2D eigenvalue weighted by atomic mass is 10.1. The number of nitrogens with zero attached hydrogens (tertiary/aromatic N) is 1. The van der Waals surface area contributed by atoms with E-state index in [9.17, 15) is 9.59 Å². The second-order valence-electron chi connectivity index (χ2n) is 6.05. The number of allylic oxidation sites excluding steroid dienone is 1. The zero-order valence-electron chi connectivity index (χ0n) is 14.3. The summed E-state index contributed by atoms with van der Waals surface area (Å²) in [6, 6.07) is 8.49. The van der Waals surface area contributed by atoms with Gasteiger partial charge in [-0.2, -0.15) is 0 Å². The van der Waals surface area contributed by atoms with Crippen LogP contribution in [0.1, 0.15) is 23.0 Å². The number of furan rings is 1. The minimum absolute atomic E-state index is 0.0940. The number of aromatic amines is 1. The molecule has 0 radical (unpaired) electrons. The van der Waals surface area contributed by atoms with E-state index in [-0.39, 0.29) is 17.5 Å². The topological polar surface area (TPSA) is 80.0 Å². The molecule has 134 valence electrons. The third kappa shape index (κ3) is 3.67. The fourth-order valence-electron chi connectivity index (χ4n) is 2.78. The van der Waals surface area contributed by atoms with Crippen molar-refractivity contribution < 1.29 is 9.21 Å². The van der Waals surface area contributed by atoms with Crippen molar-refractivity contribution in [3.05, 3.63) is 75.7 Å². The predicted molar refractivity (Wildman–Crippen MR) is 103 cm³/mol. The Morgan fingerprint density at radius 2 is 2.27 bits per heavy atom. The molecule has 0 aliphatic rings. The van der Waals surface area contributed by atoms with Gasteiger partial charge in [-0.3, -0.25) is 14.2 Å². The summed E-state index contributed by atoms with van der Waals surface area (Å²) in [6.45, 7) is 5.87. The first kappa shape index (κ1) is 17.9. The average Bonchev–Trinajstić information content (AvgIpc) is 3.10. The van der Waals surface area contributed by atoms with Crippen molar-refractivity contribution in [3.8, 4) is 0 Å². The summed E-state index contributed by atoms with van der Waals surface area (Å²) in [6.07, 6.45) is 3.81. The van der Waals surface area contributed by atoms with Crippen molar-refractivity contribution in [2.75, 3.05) is 0 Å². The van der Waals surface area contributed by atoms with E-state index in [1.807, 2.05) is 19.1 Å². The maximum absolute atomic E-state index is 12.5. The maximum atomic E-state index is 12.5. The molecule has 1 atom stereocenters. The van der Waals surface area contributed by atoms with Gasteiger partial charge in [0.15, 0.2) is 4.77 Å². The third-order valence-corrected chi connectivity index (χ3v) is 4.34. The number of rotatable bonds is 6. The summed E-state index contributed by atoms with van der Waals surface area (Å²) >= 11 is 5.22. The van der Waals surface area contributed by atoms with E-state index in [2.05, 4.69) is 16.9 Å². The molecule has 3 aromatic rings. The van der Waals surface area contributed by atoms with Gasteiger partial charge >= 0.3 is 0 Å². The van der Waals surface area contributed by atoms with Gasteiger partial charge in [0.1, 0.15) is 5.76 Å². The van der Waals surface area contributed by atoms with Gasteiger partial charge in [-0.1, -0.05) is 6.08 Å². The van der Waals surface area contributed by atoms with Gasteiger partial charge in [0, 0.05) is 24.6 Å². The van der Waals surface area contributed by atoms with Gasteiger partial charge in [0.25, 0.3) is 11.5 Å². The van der Waals surface area contributed by atoms with Gasteiger partial charge in [-0.15, -0.1) is 6.58 Å². The van der Waals surface area contributed by atoms with Crippen molar-refractivity contribution >= 4 is 29.0 Å². The number of nitrogens with one attached hydrogen (secondary N) is 2. The Morgan fingerprint density at radius 1 is 1.46 bits per heavy atom. The number of fused-ring (bicyclic) bond motifs is 1. The Kier molecular flexibility index (Phi) is 5.18. The smallest absolute Gasteiger partial charge is 0.262 e. The highest BCUT2D eigenvalue weighted by molar-refractivity contribution is 7.71. The average molecular weight is 369 g/mol. The summed E-state index contributed by atoms with van der Waals surface area (Å²) in [5.74, 6) is 0.587. The van der Waals surface area contributed by atoms with Crippen LogP contribution in [-0.2, 0) is 13.0 Å². The van der Waals surface area contributed by atoms with Gasteiger partial charge < -0.3 is 14.7 Å². The molecule has 2 aromatic heterocycles. The molecule has 1 amide bonds. The van der Waals surface area contributed by atoms with Gasteiger partial charge in [-0.25, -0.2) is 0 Å². The normalized spacial score (nSPS) is 12.0. The van der Waals surface area contributed by atoms with Crippen LogP contribution in [-0.4, -0.2) is 21.5 Å². The second-order valence-corrected chi connectivity index (χ2v) is 6.44. The standard InChI is InChI=1S/C19H19N3O3S/c1-3-8-22-18(24)15-7-6-13(11-16(15)21-19(22)26)17(23)20-12(2)10-14-5-4-9-25-14/h3-7,9,11-12H,1,8,10H2,2H3,(H,20,23)(H,21,26). The third-order valence-electron chi connectivity index (χ3n) is 4.02. The highest BCUT2D eigenvalue weighted by atomic mass is 32.1. The molecule has 0 saturated carbocycles.